The number of hydrogen-bond acceptors (Lipinski definition) is 6. The fraction of sp³-hybridized carbons (Fsp3) is 0. The lowest BCUT2D eigenvalue weighted by Gasteiger charge is -2.09. The van der Waals surface area contributed by atoms with E-state index in [4.69, 9.17) is 4.74 Å². The number of halogens is 2. The summed E-state index contributed by atoms with van der Waals surface area (Å²) in [6.07, 6.45) is 2.85. The molecule has 11 heteroatoms. The van der Waals surface area contributed by atoms with Crippen molar-refractivity contribution in [3.8, 4) is 17.2 Å². The van der Waals surface area contributed by atoms with E-state index < -0.39 is 32.9 Å². The van der Waals surface area contributed by atoms with Gasteiger partial charge in [-0.2, -0.15) is 0 Å². The zero-order valence-electron chi connectivity index (χ0n) is 14.9. The van der Waals surface area contributed by atoms with Gasteiger partial charge in [-0.05, 0) is 24.3 Å². The summed E-state index contributed by atoms with van der Waals surface area (Å²) >= 11 is 0. The molecule has 2 heterocycles. The lowest BCUT2D eigenvalue weighted by molar-refractivity contribution is -0.385. The molecule has 2 aromatic carbocycles. The van der Waals surface area contributed by atoms with Crippen molar-refractivity contribution in [1.29, 1.82) is 0 Å². The van der Waals surface area contributed by atoms with Crippen molar-refractivity contribution in [3.05, 3.63) is 92.8 Å². The van der Waals surface area contributed by atoms with Crippen LogP contribution in [0.3, 0.4) is 0 Å². The molecular formula is C19H10F2N4O5. The van der Waals surface area contributed by atoms with Gasteiger partial charge in [0.25, 0.3) is 11.4 Å². The third-order valence-electron chi connectivity index (χ3n) is 4.30. The van der Waals surface area contributed by atoms with Crippen LogP contribution in [0.2, 0.25) is 0 Å². The van der Waals surface area contributed by atoms with Gasteiger partial charge in [0.1, 0.15) is 11.4 Å². The number of non-ortho nitro benzene ring substituents is 2. The van der Waals surface area contributed by atoms with Crippen LogP contribution in [0.1, 0.15) is 0 Å². The highest BCUT2D eigenvalue weighted by Gasteiger charge is 2.17. The Morgan fingerprint density at radius 1 is 0.867 bits per heavy atom. The van der Waals surface area contributed by atoms with Crippen molar-refractivity contribution >= 4 is 22.4 Å². The van der Waals surface area contributed by atoms with Gasteiger partial charge in [0.15, 0.2) is 17.4 Å². The Bertz CT molecular complexity index is 1320. The second-order valence-electron chi connectivity index (χ2n) is 6.10. The van der Waals surface area contributed by atoms with Crippen LogP contribution in [0.15, 0.2) is 60.9 Å². The van der Waals surface area contributed by atoms with Gasteiger partial charge >= 0.3 is 0 Å². The number of hydrogen-bond donors (Lipinski definition) is 0. The molecule has 0 fully saturated rings. The van der Waals surface area contributed by atoms with Crippen LogP contribution in [-0.4, -0.2) is 19.4 Å². The molecule has 0 unspecified atom stereocenters. The van der Waals surface area contributed by atoms with Crippen molar-refractivity contribution in [2.75, 3.05) is 0 Å². The number of ether oxygens (including phenoxy) is 1. The monoisotopic (exact) mass is 412 g/mol. The fourth-order valence-corrected chi connectivity index (χ4v) is 2.91. The SMILES string of the molecule is O=[N+]([O-])c1ccc(Oc2ccnc3c2ccn3-c2ccc([N+](=O)[O-])cc2F)c(F)c1. The first-order valence-corrected chi connectivity index (χ1v) is 8.37. The predicted octanol–water partition coefficient (Wildman–Crippen LogP) is 4.91. The lowest BCUT2D eigenvalue weighted by atomic mass is 10.2. The molecule has 0 aliphatic carbocycles. The third kappa shape index (κ3) is 3.28. The highest BCUT2D eigenvalue weighted by atomic mass is 19.1. The molecule has 30 heavy (non-hydrogen) atoms. The molecule has 0 aliphatic rings. The number of rotatable bonds is 5. The van der Waals surface area contributed by atoms with Crippen LogP contribution in [0.25, 0.3) is 16.7 Å². The summed E-state index contributed by atoms with van der Waals surface area (Å²) in [5, 5.41) is 22.0. The van der Waals surface area contributed by atoms with Gasteiger partial charge in [-0.15, -0.1) is 0 Å². The Hall–Kier alpha value is -4.41. The number of pyridine rings is 1. The number of nitrogens with zero attached hydrogens (tertiary/aromatic N) is 4. The Balaban J connectivity index is 1.74. The van der Waals surface area contributed by atoms with Crippen molar-refractivity contribution in [1.82, 2.24) is 9.55 Å². The van der Waals surface area contributed by atoms with Crippen LogP contribution in [0.5, 0.6) is 11.5 Å². The summed E-state index contributed by atoms with van der Waals surface area (Å²) in [6.45, 7) is 0. The second kappa shape index (κ2) is 7.20. The maximum Gasteiger partial charge on any atom is 0.272 e. The Morgan fingerprint density at radius 2 is 1.53 bits per heavy atom. The first-order valence-electron chi connectivity index (χ1n) is 8.37. The number of fused-ring (bicyclic) bond motifs is 1. The molecule has 0 bridgehead atoms. The predicted molar refractivity (Wildman–Crippen MR) is 101 cm³/mol. The van der Waals surface area contributed by atoms with E-state index in [1.165, 1.54) is 29.1 Å². The molecular weight excluding hydrogens is 402 g/mol. The van der Waals surface area contributed by atoms with Crippen LogP contribution >= 0.6 is 0 Å². The largest absolute Gasteiger partial charge is 0.453 e. The quantitative estimate of drug-likeness (QED) is 0.340. The molecule has 0 radical (unpaired) electrons. The van der Waals surface area contributed by atoms with Crippen LogP contribution in [0, 0.1) is 31.9 Å². The van der Waals surface area contributed by atoms with E-state index in [2.05, 4.69) is 4.98 Å². The average molecular weight is 412 g/mol. The maximum atomic E-state index is 14.4. The summed E-state index contributed by atoms with van der Waals surface area (Å²) in [7, 11) is 0. The molecule has 0 N–H and O–H groups in total. The van der Waals surface area contributed by atoms with Gasteiger partial charge in [-0.25, -0.2) is 13.8 Å². The molecule has 0 saturated heterocycles. The van der Waals surface area contributed by atoms with E-state index in [9.17, 15) is 29.0 Å². The van der Waals surface area contributed by atoms with Crippen molar-refractivity contribution in [2.24, 2.45) is 0 Å². The summed E-state index contributed by atoms with van der Waals surface area (Å²) in [6, 6.07) is 9.20. The minimum absolute atomic E-state index is 0.0294. The van der Waals surface area contributed by atoms with E-state index in [1.807, 2.05) is 0 Å². The molecule has 4 aromatic rings. The van der Waals surface area contributed by atoms with Gasteiger partial charge < -0.3 is 4.74 Å². The van der Waals surface area contributed by atoms with Crippen LogP contribution < -0.4 is 4.74 Å². The first kappa shape index (κ1) is 18.9. The lowest BCUT2D eigenvalue weighted by Crippen LogP contribution is -1.99. The van der Waals surface area contributed by atoms with Crippen LogP contribution in [0.4, 0.5) is 20.2 Å². The molecule has 150 valence electrons. The normalized spacial score (nSPS) is 10.9. The summed E-state index contributed by atoms with van der Waals surface area (Å²) in [5.74, 6) is -1.79. The Labute approximate surface area is 166 Å². The minimum Gasteiger partial charge on any atom is -0.453 e. The highest BCUT2D eigenvalue weighted by Crippen LogP contribution is 2.33. The summed E-state index contributed by atoms with van der Waals surface area (Å²) < 4.78 is 35.5. The van der Waals surface area contributed by atoms with E-state index in [1.54, 1.807) is 6.07 Å². The first-order chi connectivity index (χ1) is 14.3. The number of nitro benzene ring substituents is 2. The standard InChI is InChI=1S/C19H10F2N4O5/c20-14-9-11(24(26)27)1-3-16(14)23-8-6-13-17(5-7-22-19(13)23)30-18-4-2-12(25(28)29)10-15(18)21/h1-10H. The highest BCUT2D eigenvalue weighted by molar-refractivity contribution is 5.85. The molecule has 0 spiro atoms. The van der Waals surface area contributed by atoms with E-state index in [0.717, 1.165) is 30.3 Å². The number of benzene rings is 2. The molecule has 0 saturated carbocycles. The van der Waals surface area contributed by atoms with Gasteiger partial charge in [-0.3, -0.25) is 24.8 Å². The van der Waals surface area contributed by atoms with E-state index in [-0.39, 0.29) is 22.8 Å². The zero-order chi connectivity index (χ0) is 21.4. The molecule has 4 rings (SSSR count). The second-order valence-corrected chi connectivity index (χ2v) is 6.10. The van der Waals surface area contributed by atoms with Crippen LogP contribution in [-0.2, 0) is 0 Å². The van der Waals surface area contributed by atoms with Gasteiger partial charge in [-0.1, -0.05) is 0 Å². The van der Waals surface area contributed by atoms with Gasteiger partial charge in [0.05, 0.1) is 33.1 Å². The molecule has 0 amide bonds. The minimum atomic E-state index is -0.921. The number of aromatic nitrogens is 2. The van der Waals surface area contributed by atoms with Gasteiger partial charge in [0.2, 0.25) is 0 Å². The van der Waals surface area contributed by atoms with Gasteiger partial charge in [0, 0.05) is 24.5 Å². The molecule has 0 aliphatic heterocycles. The summed E-state index contributed by atoms with van der Waals surface area (Å²) in [4.78, 5) is 24.3. The average Bonchev–Trinajstić information content (AvgIpc) is 3.14. The van der Waals surface area contributed by atoms with E-state index >= 15 is 0 Å². The summed E-state index contributed by atoms with van der Waals surface area (Å²) in [5.41, 5.74) is -0.512. The molecule has 2 aromatic heterocycles. The number of nitro groups is 2. The fourth-order valence-electron chi connectivity index (χ4n) is 2.91. The van der Waals surface area contributed by atoms with Crippen molar-refractivity contribution < 1.29 is 23.4 Å². The Kier molecular flexibility index (Phi) is 4.54. The van der Waals surface area contributed by atoms with Crippen molar-refractivity contribution in [2.45, 2.75) is 0 Å². The smallest absolute Gasteiger partial charge is 0.272 e. The third-order valence-corrected chi connectivity index (χ3v) is 4.30. The maximum absolute atomic E-state index is 14.4. The Morgan fingerprint density at radius 3 is 2.17 bits per heavy atom. The zero-order valence-corrected chi connectivity index (χ0v) is 14.9. The van der Waals surface area contributed by atoms with Crippen molar-refractivity contribution in [3.63, 3.8) is 0 Å². The molecule has 9 nitrogen and oxygen atoms in total. The van der Waals surface area contributed by atoms with E-state index in [0.29, 0.717) is 5.39 Å². The molecule has 0 atom stereocenters. The topological polar surface area (TPSA) is 113 Å².